The predicted molar refractivity (Wildman–Crippen MR) is 56.7 cm³/mol. The molecule has 0 aliphatic rings. The lowest BCUT2D eigenvalue weighted by Crippen LogP contribution is -2.52. The van der Waals surface area contributed by atoms with Crippen LogP contribution in [-0.2, 0) is 16.0 Å². The van der Waals surface area contributed by atoms with Gasteiger partial charge in [0, 0.05) is 6.42 Å². The average molecular weight is 227 g/mol. The number of phenolic OH excluding ortho intramolecular Hbond substituents is 1. The quantitative estimate of drug-likeness (QED) is 0.745. The minimum atomic E-state index is -1.66. The first-order valence-electron chi connectivity index (χ1n) is 4.73. The number of nitrogens with two attached hydrogens (primary N) is 1. The molecule has 0 fully saturated rings. The van der Waals surface area contributed by atoms with Crippen LogP contribution in [0.4, 0.5) is 4.39 Å². The lowest BCUT2D eigenvalue weighted by atomic mass is 9.93. The summed E-state index contributed by atoms with van der Waals surface area (Å²) < 4.78 is 17.2. The molecule has 0 bridgehead atoms. The summed E-state index contributed by atoms with van der Waals surface area (Å²) in [6.45, 7) is -0.999. The van der Waals surface area contributed by atoms with Gasteiger partial charge in [-0.05, 0) is 17.7 Å². The Labute approximate surface area is 92.8 Å². The summed E-state index contributed by atoms with van der Waals surface area (Å²) >= 11 is 0. The van der Waals surface area contributed by atoms with E-state index in [-0.39, 0.29) is 12.2 Å². The van der Waals surface area contributed by atoms with Crippen LogP contribution in [0.2, 0.25) is 0 Å². The molecule has 1 aromatic carbocycles. The molecule has 1 rings (SSSR count). The molecule has 0 heterocycles. The molecule has 3 N–H and O–H groups in total. The molecule has 16 heavy (non-hydrogen) atoms. The zero-order chi connectivity index (χ0) is 12.2. The number of phenols is 1. The molecule has 0 aliphatic heterocycles. The third-order valence-corrected chi connectivity index (χ3v) is 2.29. The molecule has 0 saturated heterocycles. The van der Waals surface area contributed by atoms with Gasteiger partial charge in [0.25, 0.3) is 0 Å². The minimum Gasteiger partial charge on any atom is -0.508 e. The van der Waals surface area contributed by atoms with Crippen LogP contribution in [0.1, 0.15) is 5.56 Å². The number of hydrogen-bond acceptors (Lipinski definition) is 4. The standard InChI is InChI=1S/C11H14FNO3/c1-16-10(15)11(13,7-12)6-8-2-4-9(14)5-3-8/h2-5,14H,6-7,13H2,1H3/t11-/m1/s1. The van der Waals surface area contributed by atoms with Gasteiger partial charge in [0.1, 0.15) is 18.0 Å². The average Bonchev–Trinajstić information content (AvgIpc) is 2.31. The second-order valence-corrected chi connectivity index (χ2v) is 3.62. The van der Waals surface area contributed by atoms with Crippen LogP contribution in [0.15, 0.2) is 24.3 Å². The fourth-order valence-corrected chi connectivity index (χ4v) is 1.36. The van der Waals surface area contributed by atoms with Gasteiger partial charge in [-0.25, -0.2) is 9.18 Å². The molecule has 0 radical (unpaired) electrons. The number of hydrogen-bond donors (Lipinski definition) is 2. The summed E-state index contributed by atoms with van der Waals surface area (Å²) in [6.07, 6.45) is 0.0243. The van der Waals surface area contributed by atoms with E-state index in [1.807, 2.05) is 0 Å². The first kappa shape index (κ1) is 12.4. The van der Waals surface area contributed by atoms with Gasteiger partial charge in [0.15, 0.2) is 0 Å². The number of aromatic hydroxyl groups is 1. The Morgan fingerprint density at radius 2 is 2.06 bits per heavy atom. The number of carbonyl (C=O) groups is 1. The first-order chi connectivity index (χ1) is 7.51. The fourth-order valence-electron chi connectivity index (χ4n) is 1.36. The van der Waals surface area contributed by atoms with E-state index in [9.17, 15) is 9.18 Å². The topological polar surface area (TPSA) is 72.5 Å². The highest BCUT2D eigenvalue weighted by atomic mass is 19.1. The fraction of sp³-hybridized carbons (Fsp3) is 0.364. The van der Waals surface area contributed by atoms with Crippen LogP contribution < -0.4 is 5.73 Å². The molecular weight excluding hydrogens is 213 g/mol. The number of halogens is 1. The number of rotatable bonds is 4. The van der Waals surface area contributed by atoms with E-state index in [2.05, 4.69) is 4.74 Å². The monoisotopic (exact) mass is 227 g/mol. The molecule has 0 saturated carbocycles. The van der Waals surface area contributed by atoms with Crippen LogP contribution in [0, 0.1) is 0 Å². The van der Waals surface area contributed by atoms with Crippen molar-refractivity contribution in [1.82, 2.24) is 0 Å². The van der Waals surface area contributed by atoms with Crippen molar-refractivity contribution >= 4 is 5.97 Å². The summed E-state index contributed by atoms with van der Waals surface area (Å²) in [7, 11) is 1.16. The van der Waals surface area contributed by atoms with Gasteiger partial charge in [-0.3, -0.25) is 0 Å². The summed E-state index contributed by atoms with van der Waals surface area (Å²) in [6, 6.07) is 6.06. The zero-order valence-electron chi connectivity index (χ0n) is 8.94. The maximum absolute atomic E-state index is 12.8. The summed E-state index contributed by atoms with van der Waals surface area (Å²) in [5.41, 5.74) is 4.60. The maximum Gasteiger partial charge on any atom is 0.328 e. The van der Waals surface area contributed by atoms with E-state index < -0.39 is 18.2 Å². The summed E-state index contributed by atoms with van der Waals surface area (Å²) in [5, 5.41) is 9.07. The van der Waals surface area contributed by atoms with E-state index in [1.54, 1.807) is 12.1 Å². The summed E-state index contributed by atoms with van der Waals surface area (Å²) in [4.78, 5) is 11.3. The lowest BCUT2D eigenvalue weighted by Gasteiger charge is -2.22. The third kappa shape index (κ3) is 2.70. The highest BCUT2D eigenvalue weighted by Crippen LogP contribution is 2.16. The molecule has 5 heteroatoms. The highest BCUT2D eigenvalue weighted by Gasteiger charge is 2.35. The van der Waals surface area contributed by atoms with Crippen LogP contribution in [0.5, 0.6) is 5.75 Å². The van der Waals surface area contributed by atoms with E-state index >= 15 is 0 Å². The Morgan fingerprint density at radius 1 is 1.50 bits per heavy atom. The lowest BCUT2D eigenvalue weighted by molar-refractivity contribution is -0.147. The second-order valence-electron chi connectivity index (χ2n) is 3.62. The van der Waals surface area contributed by atoms with Crippen molar-refractivity contribution in [2.75, 3.05) is 13.8 Å². The van der Waals surface area contributed by atoms with Crippen molar-refractivity contribution in [3.8, 4) is 5.75 Å². The van der Waals surface area contributed by atoms with Crippen LogP contribution in [0.3, 0.4) is 0 Å². The highest BCUT2D eigenvalue weighted by molar-refractivity contribution is 5.81. The number of benzene rings is 1. The van der Waals surface area contributed by atoms with Crippen molar-refractivity contribution in [1.29, 1.82) is 0 Å². The molecule has 4 nitrogen and oxygen atoms in total. The van der Waals surface area contributed by atoms with Crippen molar-refractivity contribution in [3.05, 3.63) is 29.8 Å². The van der Waals surface area contributed by atoms with Gasteiger partial charge >= 0.3 is 5.97 Å². The van der Waals surface area contributed by atoms with Gasteiger partial charge in [-0.2, -0.15) is 0 Å². The molecule has 1 atom stereocenters. The number of ether oxygens (including phenoxy) is 1. The molecular formula is C11H14FNO3. The molecule has 88 valence electrons. The molecule has 0 amide bonds. The van der Waals surface area contributed by atoms with Crippen molar-refractivity contribution in [2.24, 2.45) is 5.73 Å². The van der Waals surface area contributed by atoms with Gasteiger partial charge in [-0.1, -0.05) is 12.1 Å². The third-order valence-electron chi connectivity index (χ3n) is 2.29. The van der Waals surface area contributed by atoms with Crippen molar-refractivity contribution in [3.63, 3.8) is 0 Å². The van der Waals surface area contributed by atoms with Gasteiger partial charge in [0.05, 0.1) is 7.11 Å². The molecule has 0 aliphatic carbocycles. The van der Waals surface area contributed by atoms with Crippen LogP contribution in [0.25, 0.3) is 0 Å². The first-order valence-corrected chi connectivity index (χ1v) is 4.73. The molecule has 0 aromatic heterocycles. The van der Waals surface area contributed by atoms with Gasteiger partial charge in [0.2, 0.25) is 0 Å². The van der Waals surface area contributed by atoms with Crippen LogP contribution >= 0.6 is 0 Å². The van der Waals surface area contributed by atoms with E-state index in [0.717, 1.165) is 7.11 Å². The second kappa shape index (κ2) is 4.94. The molecule has 1 aromatic rings. The predicted octanol–water partition coefficient (Wildman–Crippen LogP) is 0.775. The largest absolute Gasteiger partial charge is 0.508 e. The normalized spacial score (nSPS) is 14.2. The number of carbonyl (C=O) groups excluding carboxylic acids is 1. The summed E-state index contributed by atoms with van der Waals surface area (Å²) in [5.74, 6) is -0.687. The zero-order valence-corrected chi connectivity index (χ0v) is 8.94. The number of methoxy groups -OCH3 is 1. The Balaban J connectivity index is 2.84. The maximum atomic E-state index is 12.8. The minimum absolute atomic E-state index is 0.0243. The SMILES string of the molecule is COC(=O)[C@](N)(CF)Cc1ccc(O)cc1. The van der Waals surface area contributed by atoms with E-state index in [1.165, 1.54) is 12.1 Å². The Kier molecular flexibility index (Phi) is 3.84. The Morgan fingerprint density at radius 3 is 2.50 bits per heavy atom. The van der Waals surface area contributed by atoms with Crippen LogP contribution in [-0.4, -0.2) is 30.4 Å². The smallest absolute Gasteiger partial charge is 0.328 e. The Hall–Kier alpha value is -1.62. The number of alkyl halides is 1. The molecule has 0 unspecified atom stereocenters. The molecule has 0 spiro atoms. The van der Waals surface area contributed by atoms with E-state index in [4.69, 9.17) is 10.8 Å². The Bertz CT molecular complexity index is 366. The van der Waals surface area contributed by atoms with Crippen molar-refractivity contribution in [2.45, 2.75) is 12.0 Å². The van der Waals surface area contributed by atoms with Gasteiger partial charge < -0.3 is 15.6 Å². The van der Waals surface area contributed by atoms with Crippen molar-refractivity contribution < 1.29 is 19.0 Å². The van der Waals surface area contributed by atoms with E-state index in [0.29, 0.717) is 5.56 Å². The number of esters is 1. The van der Waals surface area contributed by atoms with Gasteiger partial charge in [-0.15, -0.1) is 0 Å².